The van der Waals surface area contributed by atoms with Crippen molar-refractivity contribution in [2.75, 3.05) is 0 Å². The van der Waals surface area contributed by atoms with Crippen molar-refractivity contribution in [2.45, 2.75) is 0 Å². The summed E-state index contributed by atoms with van der Waals surface area (Å²) in [6.07, 6.45) is 0. The summed E-state index contributed by atoms with van der Waals surface area (Å²) >= 11 is 0. The quantitative estimate of drug-likeness (QED) is 0.180. The fourth-order valence-corrected chi connectivity index (χ4v) is 8.06. The first kappa shape index (κ1) is 30.3. The van der Waals surface area contributed by atoms with Crippen LogP contribution in [0, 0.1) is 0 Å². The van der Waals surface area contributed by atoms with Gasteiger partial charge in [0.05, 0.1) is 11.4 Å². The van der Waals surface area contributed by atoms with Crippen molar-refractivity contribution in [3.63, 3.8) is 0 Å². The predicted octanol–water partition coefficient (Wildman–Crippen LogP) is 13.8. The molecule has 0 unspecified atom stereocenters. The Balaban J connectivity index is 1.22. The van der Waals surface area contributed by atoms with Gasteiger partial charge in [-0.1, -0.05) is 152 Å². The highest BCUT2D eigenvalue weighted by atomic mass is 16.3. The summed E-state index contributed by atoms with van der Waals surface area (Å²) in [5.41, 5.74) is 12.0. The molecule has 4 heteroatoms. The summed E-state index contributed by atoms with van der Waals surface area (Å²) in [6, 6.07) is 63.1. The van der Waals surface area contributed by atoms with E-state index in [0.717, 1.165) is 94.2 Å². The van der Waals surface area contributed by atoms with Gasteiger partial charge in [0.2, 0.25) is 0 Å². The van der Waals surface area contributed by atoms with Crippen LogP contribution in [-0.2, 0) is 0 Å². The monoisotopic (exact) mass is 690 g/mol. The topological polar surface area (TPSA) is 52.1 Å². The van der Waals surface area contributed by atoms with Crippen molar-refractivity contribution < 1.29 is 8.83 Å². The van der Waals surface area contributed by atoms with E-state index in [4.69, 9.17) is 18.8 Å². The largest absolute Gasteiger partial charge is 0.455 e. The number of furan rings is 2. The predicted molar refractivity (Wildman–Crippen MR) is 221 cm³/mol. The Bertz CT molecular complexity index is 3100. The van der Waals surface area contributed by atoms with Gasteiger partial charge < -0.3 is 8.83 Å². The van der Waals surface area contributed by atoms with Crippen LogP contribution in [0.1, 0.15) is 0 Å². The summed E-state index contributed by atoms with van der Waals surface area (Å²) in [5, 5.41) is 6.59. The third kappa shape index (κ3) is 4.78. The van der Waals surface area contributed by atoms with E-state index >= 15 is 0 Å². The Hall–Kier alpha value is -7.30. The van der Waals surface area contributed by atoms with E-state index in [2.05, 4.69) is 146 Å². The number of benzene rings is 8. The minimum atomic E-state index is 0.617. The zero-order valence-corrected chi connectivity index (χ0v) is 29.0. The van der Waals surface area contributed by atoms with Crippen LogP contribution in [-0.4, -0.2) is 9.97 Å². The van der Waals surface area contributed by atoms with Gasteiger partial charge in [0.1, 0.15) is 22.3 Å². The van der Waals surface area contributed by atoms with Crippen molar-refractivity contribution in [3.05, 3.63) is 182 Å². The van der Waals surface area contributed by atoms with Crippen molar-refractivity contribution in [2.24, 2.45) is 0 Å². The average Bonchev–Trinajstić information content (AvgIpc) is 3.82. The highest BCUT2D eigenvalue weighted by Crippen LogP contribution is 2.44. The molecular weight excluding hydrogens is 661 g/mol. The number of aromatic nitrogens is 2. The van der Waals surface area contributed by atoms with E-state index in [0.29, 0.717) is 5.82 Å². The molecule has 54 heavy (non-hydrogen) atoms. The van der Waals surface area contributed by atoms with Gasteiger partial charge >= 0.3 is 0 Å². The fourth-order valence-electron chi connectivity index (χ4n) is 8.06. The minimum absolute atomic E-state index is 0.617. The molecule has 0 saturated heterocycles. The zero-order chi connectivity index (χ0) is 35.6. The Morgan fingerprint density at radius 3 is 1.48 bits per heavy atom. The van der Waals surface area contributed by atoms with E-state index < -0.39 is 0 Å². The normalized spacial score (nSPS) is 11.7. The number of nitrogens with zero attached hydrogens (tertiary/aromatic N) is 2. The van der Waals surface area contributed by atoms with Crippen molar-refractivity contribution in [1.29, 1.82) is 0 Å². The summed E-state index contributed by atoms with van der Waals surface area (Å²) in [7, 11) is 0. The van der Waals surface area contributed by atoms with Crippen LogP contribution in [0.25, 0.3) is 111 Å². The molecule has 3 heterocycles. The second-order valence-electron chi connectivity index (χ2n) is 13.6. The number of fused-ring (bicyclic) bond motifs is 7. The lowest BCUT2D eigenvalue weighted by Crippen LogP contribution is -1.98. The molecular formula is C50H30N2O2. The van der Waals surface area contributed by atoms with Gasteiger partial charge in [0, 0.05) is 38.2 Å². The average molecular weight is 691 g/mol. The molecule has 0 saturated carbocycles. The molecule has 3 aromatic heterocycles. The van der Waals surface area contributed by atoms with Crippen molar-refractivity contribution in [3.8, 4) is 56.2 Å². The Labute approximate surface area is 310 Å². The fraction of sp³-hybridized carbons (Fsp3) is 0. The third-order valence-electron chi connectivity index (χ3n) is 10.5. The van der Waals surface area contributed by atoms with Crippen LogP contribution in [0.2, 0.25) is 0 Å². The summed E-state index contributed by atoms with van der Waals surface area (Å²) in [5.74, 6) is 0.617. The first-order valence-corrected chi connectivity index (χ1v) is 18.2. The van der Waals surface area contributed by atoms with E-state index in [1.165, 1.54) is 10.8 Å². The molecule has 11 aromatic rings. The standard InChI is InChI=1S/C50H30N2O2/c1-2-14-31(15-3-1)34-29-28-32-16-4-5-17-33(32)47(34)37-20-6-7-21-40(37)50-51-43(41-24-12-22-38-35-18-8-10-26-45(35)53-48(38)41)30-44(52-50)42-25-13-23-39-36-19-9-11-27-46(36)54-49(39)42/h1-30H. The van der Waals surface area contributed by atoms with Crippen molar-refractivity contribution >= 4 is 54.6 Å². The molecule has 0 aliphatic rings. The lowest BCUT2D eigenvalue weighted by Gasteiger charge is -2.18. The highest BCUT2D eigenvalue weighted by molar-refractivity contribution is 6.12. The van der Waals surface area contributed by atoms with Gasteiger partial charge in [-0.2, -0.15) is 0 Å². The minimum Gasteiger partial charge on any atom is -0.455 e. The summed E-state index contributed by atoms with van der Waals surface area (Å²) in [4.78, 5) is 10.8. The highest BCUT2D eigenvalue weighted by Gasteiger charge is 2.22. The second kappa shape index (κ2) is 12.1. The van der Waals surface area contributed by atoms with Crippen LogP contribution in [0.4, 0.5) is 0 Å². The van der Waals surface area contributed by atoms with Crippen LogP contribution < -0.4 is 0 Å². The molecule has 0 aliphatic carbocycles. The maximum atomic E-state index is 6.57. The molecule has 0 radical (unpaired) electrons. The van der Waals surface area contributed by atoms with Gasteiger partial charge in [-0.15, -0.1) is 0 Å². The molecule has 0 spiro atoms. The van der Waals surface area contributed by atoms with E-state index in [9.17, 15) is 0 Å². The summed E-state index contributed by atoms with van der Waals surface area (Å²) < 4.78 is 13.1. The molecule has 4 nitrogen and oxygen atoms in total. The molecule has 0 aliphatic heterocycles. The van der Waals surface area contributed by atoms with Gasteiger partial charge in [-0.3, -0.25) is 0 Å². The number of para-hydroxylation sites is 4. The molecule has 0 amide bonds. The number of rotatable bonds is 5. The van der Waals surface area contributed by atoms with E-state index in [1.807, 2.05) is 36.4 Å². The van der Waals surface area contributed by atoms with Gasteiger partial charge in [-0.25, -0.2) is 9.97 Å². The zero-order valence-electron chi connectivity index (χ0n) is 29.0. The molecule has 252 valence electrons. The Morgan fingerprint density at radius 2 is 0.833 bits per heavy atom. The Morgan fingerprint density at radius 1 is 0.333 bits per heavy atom. The third-order valence-corrected chi connectivity index (χ3v) is 10.5. The van der Waals surface area contributed by atoms with Crippen LogP contribution in [0.5, 0.6) is 0 Å². The molecule has 0 N–H and O–H groups in total. The maximum absolute atomic E-state index is 6.57. The van der Waals surface area contributed by atoms with E-state index in [1.54, 1.807) is 0 Å². The lowest BCUT2D eigenvalue weighted by atomic mass is 9.87. The SMILES string of the molecule is c1ccc(-c2ccc3ccccc3c2-c2ccccc2-c2nc(-c3cccc4c3oc3ccccc34)cc(-c3cccc4c3oc3ccccc34)n2)cc1. The molecule has 0 bridgehead atoms. The number of hydrogen-bond donors (Lipinski definition) is 0. The molecule has 0 fully saturated rings. The maximum Gasteiger partial charge on any atom is 0.161 e. The summed E-state index contributed by atoms with van der Waals surface area (Å²) in [6.45, 7) is 0. The van der Waals surface area contributed by atoms with E-state index in [-0.39, 0.29) is 0 Å². The lowest BCUT2D eigenvalue weighted by molar-refractivity contribution is 0.669. The first-order valence-electron chi connectivity index (χ1n) is 18.2. The first-order chi connectivity index (χ1) is 26.8. The second-order valence-corrected chi connectivity index (χ2v) is 13.6. The molecule has 0 atom stereocenters. The van der Waals surface area contributed by atoms with Crippen LogP contribution in [0.3, 0.4) is 0 Å². The van der Waals surface area contributed by atoms with Crippen molar-refractivity contribution in [1.82, 2.24) is 9.97 Å². The van der Waals surface area contributed by atoms with Gasteiger partial charge in [0.25, 0.3) is 0 Å². The van der Waals surface area contributed by atoms with Crippen LogP contribution >= 0.6 is 0 Å². The smallest absolute Gasteiger partial charge is 0.161 e. The van der Waals surface area contributed by atoms with Crippen LogP contribution in [0.15, 0.2) is 191 Å². The molecule has 11 rings (SSSR count). The molecule has 8 aromatic carbocycles. The Kier molecular flexibility index (Phi) is 6.82. The van der Waals surface area contributed by atoms with Gasteiger partial charge in [0.15, 0.2) is 5.82 Å². The van der Waals surface area contributed by atoms with Gasteiger partial charge in [-0.05, 0) is 63.4 Å². The number of hydrogen-bond acceptors (Lipinski definition) is 4.